The van der Waals surface area contributed by atoms with Crippen molar-refractivity contribution in [3.05, 3.63) is 35.9 Å². The monoisotopic (exact) mass is 520 g/mol. The third-order valence-corrected chi connectivity index (χ3v) is 8.81. The van der Waals surface area contributed by atoms with E-state index < -0.39 is 0 Å². The van der Waals surface area contributed by atoms with E-state index >= 15 is 0 Å². The molecule has 9 heteroatoms. The smallest absolute Gasteiger partial charge is 0.183 e. The molecule has 38 heavy (non-hydrogen) atoms. The normalized spacial score (nSPS) is 24.2. The van der Waals surface area contributed by atoms with Gasteiger partial charge in [0.2, 0.25) is 0 Å². The highest BCUT2D eigenvalue weighted by Crippen LogP contribution is 2.35. The van der Waals surface area contributed by atoms with Gasteiger partial charge in [0, 0.05) is 63.9 Å². The van der Waals surface area contributed by atoms with Crippen molar-refractivity contribution in [1.29, 1.82) is 0 Å². The summed E-state index contributed by atoms with van der Waals surface area (Å²) >= 11 is 0. The van der Waals surface area contributed by atoms with Crippen LogP contribution in [0, 0.1) is 11.8 Å². The Kier molecular flexibility index (Phi) is 8.02. The second-order valence-corrected chi connectivity index (χ2v) is 11.2. The molecule has 2 aromatic heterocycles. The zero-order valence-corrected chi connectivity index (χ0v) is 22.4. The van der Waals surface area contributed by atoms with Crippen LogP contribution in [0.4, 0.5) is 11.6 Å². The highest BCUT2D eigenvalue weighted by molar-refractivity contribution is 5.94. The van der Waals surface area contributed by atoms with E-state index in [1.54, 1.807) is 12.4 Å². The van der Waals surface area contributed by atoms with Crippen LogP contribution >= 0.6 is 0 Å². The molecular weight excluding hydrogens is 480 g/mol. The standard InChI is InChI=1S/C29H40N6O3/c36-26(25-20-32-27(21-31-25)34-14-17-37-18-15-34)19-23-3-1-22(2-4-23)6-9-33-10-12-35(13-11-33)29-28-24(5-8-30-29)7-16-38-28/h5,8,20-23H,1-4,6-7,9-19H2. The number of carbonyl (C=O) groups is 1. The van der Waals surface area contributed by atoms with Crippen LogP contribution in [0.5, 0.6) is 5.75 Å². The molecule has 5 heterocycles. The SMILES string of the molecule is O=C(CC1CCC(CCN2CCN(c3nccc4c3OCC4)CC2)CC1)c1cnc(N2CCOCC2)cn1. The summed E-state index contributed by atoms with van der Waals surface area (Å²) in [7, 11) is 0. The van der Waals surface area contributed by atoms with Crippen molar-refractivity contribution in [1.82, 2.24) is 19.9 Å². The van der Waals surface area contributed by atoms with Crippen molar-refractivity contribution in [2.75, 3.05) is 75.4 Å². The van der Waals surface area contributed by atoms with Crippen molar-refractivity contribution < 1.29 is 14.3 Å². The molecule has 0 N–H and O–H groups in total. The molecule has 9 nitrogen and oxygen atoms in total. The zero-order valence-electron chi connectivity index (χ0n) is 22.4. The number of hydrogen-bond acceptors (Lipinski definition) is 9. The molecule has 0 bridgehead atoms. The summed E-state index contributed by atoms with van der Waals surface area (Å²) in [5.41, 5.74) is 1.80. The Balaban J connectivity index is 0.898. The molecule has 6 rings (SSSR count). The summed E-state index contributed by atoms with van der Waals surface area (Å²) in [6, 6.07) is 2.09. The minimum atomic E-state index is 0.135. The molecule has 2 aromatic rings. The van der Waals surface area contributed by atoms with Crippen molar-refractivity contribution in [2.24, 2.45) is 11.8 Å². The second kappa shape index (κ2) is 11.9. The van der Waals surface area contributed by atoms with Gasteiger partial charge in [0.15, 0.2) is 17.4 Å². The number of anilines is 2. The van der Waals surface area contributed by atoms with Gasteiger partial charge in [-0.25, -0.2) is 15.0 Å². The molecule has 1 aliphatic carbocycles. The Morgan fingerprint density at radius 1 is 0.868 bits per heavy atom. The lowest BCUT2D eigenvalue weighted by Gasteiger charge is -2.37. The van der Waals surface area contributed by atoms with Gasteiger partial charge in [0.05, 0.1) is 32.2 Å². The molecule has 4 aliphatic rings. The molecule has 0 atom stereocenters. The molecule has 0 amide bonds. The molecular formula is C29H40N6O3. The summed E-state index contributed by atoms with van der Waals surface area (Å²) in [5.74, 6) is 4.27. The highest BCUT2D eigenvalue weighted by Gasteiger charge is 2.27. The van der Waals surface area contributed by atoms with Gasteiger partial charge in [0.25, 0.3) is 0 Å². The van der Waals surface area contributed by atoms with E-state index in [1.807, 2.05) is 6.20 Å². The van der Waals surface area contributed by atoms with E-state index in [2.05, 4.69) is 35.7 Å². The summed E-state index contributed by atoms with van der Waals surface area (Å²) in [6.45, 7) is 9.21. The lowest BCUT2D eigenvalue weighted by atomic mass is 9.78. The molecule has 3 aliphatic heterocycles. The summed E-state index contributed by atoms with van der Waals surface area (Å²) in [6.07, 6.45) is 12.9. The van der Waals surface area contributed by atoms with E-state index in [1.165, 1.54) is 31.4 Å². The van der Waals surface area contributed by atoms with Gasteiger partial charge < -0.3 is 19.3 Å². The number of morpholine rings is 1. The second-order valence-electron chi connectivity index (χ2n) is 11.2. The molecule has 0 spiro atoms. The first-order valence-corrected chi connectivity index (χ1v) is 14.5. The Morgan fingerprint density at radius 3 is 2.42 bits per heavy atom. The number of piperazine rings is 1. The number of hydrogen-bond donors (Lipinski definition) is 0. The van der Waals surface area contributed by atoms with E-state index in [4.69, 9.17) is 9.47 Å². The topological polar surface area (TPSA) is 83.9 Å². The number of nitrogens with zero attached hydrogens (tertiary/aromatic N) is 6. The Hall–Kier alpha value is -2.78. The van der Waals surface area contributed by atoms with Crippen LogP contribution in [0.25, 0.3) is 0 Å². The van der Waals surface area contributed by atoms with Gasteiger partial charge in [-0.3, -0.25) is 9.69 Å². The fourth-order valence-electron chi connectivity index (χ4n) is 6.38. The van der Waals surface area contributed by atoms with E-state index in [-0.39, 0.29) is 5.78 Å². The maximum absolute atomic E-state index is 12.8. The fraction of sp³-hybridized carbons (Fsp3) is 0.655. The van der Waals surface area contributed by atoms with E-state index in [0.29, 0.717) is 31.2 Å². The fourth-order valence-corrected chi connectivity index (χ4v) is 6.38. The summed E-state index contributed by atoms with van der Waals surface area (Å²) in [5, 5.41) is 0. The van der Waals surface area contributed by atoms with Crippen LogP contribution in [-0.2, 0) is 11.2 Å². The van der Waals surface area contributed by atoms with Crippen LogP contribution in [0.1, 0.15) is 54.6 Å². The highest BCUT2D eigenvalue weighted by atomic mass is 16.5. The number of aromatic nitrogens is 3. The van der Waals surface area contributed by atoms with Crippen LogP contribution in [0.3, 0.4) is 0 Å². The van der Waals surface area contributed by atoms with Crippen molar-refractivity contribution in [3.8, 4) is 5.75 Å². The van der Waals surface area contributed by atoms with Crippen LogP contribution in [-0.4, -0.2) is 91.3 Å². The van der Waals surface area contributed by atoms with E-state index in [9.17, 15) is 4.79 Å². The molecule has 3 fully saturated rings. The number of fused-ring (bicyclic) bond motifs is 1. The van der Waals surface area contributed by atoms with Gasteiger partial charge in [-0.15, -0.1) is 0 Å². The number of ketones is 1. The summed E-state index contributed by atoms with van der Waals surface area (Å²) in [4.78, 5) is 33.6. The zero-order chi connectivity index (χ0) is 25.7. The third-order valence-electron chi connectivity index (χ3n) is 8.81. The Morgan fingerprint density at radius 2 is 1.66 bits per heavy atom. The number of rotatable bonds is 8. The lowest BCUT2D eigenvalue weighted by molar-refractivity contribution is 0.0934. The quantitative estimate of drug-likeness (QED) is 0.487. The Bertz CT molecular complexity index is 1070. The molecule has 204 valence electrons. The maximum Gasteiger partial charge on any atom is 0.183 e. The van der Waals surface area contributed by atoms with Crippen LogP contribution < -0.4 is 14.5 Å². The average Bonchev–Trinajstić information content (AvgIpc) is 3.47. The van der Waals surface area contributed by atoms with Crippen LogP contribution in [0.15, 0.2) is 24.7 Å². The molecule has 0 radical (unpaired) electrons. The van der Waals surface area contributed by atoms with E-state index in [0.717, 1.165) is 88.4 Å². The first-order valence-electron chi connectivity index (χ1n) is 14.5. The van der Waals surface area contributed by atoms with Gasteiger partial charge in [-0.2, -0.15) is 0 Å². The predicted molar refractivity (Wildman–Crippen MR) is 146 cm³/mol. The van der Waals surface area contributed by atoms with Gasteiger partial charge >= 0.3 is 0 Å². The van der Waals surface area contributed by atoms with Gasteiger partial charge in [0.1, 0.15) is 11.5 Å². The minimum absolute atomic E-state index is 0.135. The van der Waals surface area contributed by atoms with Crippen molar-refractivity contribution in [3.63, 3.8) is 0 Å². The van der Waals surface area contributed by atoms with Crippen molar-refractivity contribution in [2.45, 2.75) is 44.9 Å². The Labute approximate surface area is 225 Å². The summed E-state index contributed by atoms with van der Waals surface area (Å²) < 4.78 is 11.3. The minimum Gasteiger partial charge on any atom is -0.489 e. The molecule has 1 saturated carbocycles. The third kappa shape index (κ3) is 5.94. The molecule has 2 saturated heterocycles. The maximum atomic E-state index is 12.8. The first kappa shape index (κ1) is 25.5. The number of pyridine rings is 1. The molecule has 0 aromatic carbocycles. The number of Topliss-reactive ketones (excluding diaryl/α,β-unsaturated/α-hetero) is 1. The number of carbonyl (C=O) groups excluding carboxylic acids is 1. The average molecular weight is 521 g/mol. The number of ether oxygens (including phenoxy) is 2. The largest absolute Gasteiger partial charge is 0.489 e. The predicted octanol–water partition coefficient (Wildman–Crippen LogP) is 3.23. The van der Waals surface area contributed by atoms with Gasteiger partial charge in [-0.1, -0.05) is 12.8 Å². The van der Waals surface area contributed by atoms with Crippen molar-refractivity contribution >= 4 is 17.4 Å². The van der Waals surface area contributed by atoms with Gasteiger partial charge in [-0.05, 0) is 43.7 Å². The van der Waals surface area contributed by atoms with Crippen LogP contribution in [0.2, 0.25) is 0 Å². The molecule has 0 unspecified atom stereocenters. The first-order chi connectivity index (χ1) is 18.7. The lowest BCUT2D eigenvalue weighted by Crippen LogP contribution is -2.47.